The van der Waals surface area contributed by atoms with Crippen LogP contribution in [0.2, 0.25) is 5.02 Å². The van der Waals surface area contributed by atoms with Crippen molar-refractivity contribution in [3.05, 3.63) is 29.3 Å². The molecule has 2 heterocycles. The number of anilines is 1. The maximum atomic E-state index is 5.88. The van der Waals surface area contributed by atoms with Gasteiger partial charge < -0.3 is 14.4 Å². The van der Waals surface area contributed by atoms with Crippen molar-refractivity contribution in [3.63, 3.8) is 0 Å². The maximum Gasteiger partial charge on any atom is 0.0984 e. The van der Waals surface area contributed by atoms with Crippen LogP contribution < -0.4 is 4.90 Å². The molecule has 1 aromatic rings. The third-order valence-electron chi connectivity index (χ3n) is 2.84. The van der Waals surface area contributed by atoms with Crippen molar-refractivity contribution in [3.8, 4) is 0 Å². The van der Waals surface area contributed by atoms with E-state index in [9.17, 15) is 0 Å². The fourth-order valence-corrected chi connectivity index (χ4v) is 1.90. The molecule has 0 amide bonds. The Balaban J connectivity index is 1.71. The predicted octanol–water partition coefficient (Wildman–Crippen LogP) is 1.94. The average molecular weight is 240 g/mol. The Morgan fingerprint density at radius 3 is 2.00 bits per heavy atom. The summed E-state index contributed by atoms with van der Waals surface area (Å²) in [5.74, 6) is 0. The Morgan fingerprint density at radius 1 is 1.06 bits per heavy atom. The molecule has 0 aromatic heterocycles. The lowest BCUT2D eigenvalue weighted by atomic mass is 10.2. The highest BCUT2D eigenvalue weighted by molar-refractivity contribution is 6.30. The average Bonchev–Trinajstić information content (AvgIpc) is 3.12. The number of nitrogens with zero attached hydrogens (tertiary/aromatic N) is 1. The van der Waals surface area contributed by atoms with Crippen molar-refractivity contribution >= 4 is 17.3 Å². The molecule has 0 aliphatic carbocycles. The molecule has 16 heavy (non-hydrogen) atoms. The number of hydrogen-bond acceptors (Lipinski definition) is 3. The molecule has 2 saturated heterocycles. The molecule has 0 saturated carbocycles. The van der Waals surface area contributed by atoms with Crippen LogP contribution in [-0.2, 0) is 9.47 Å². The molecule has 0 N–H and O–H groups in total. The maximum absolute atomic E-state index is 5.88. The normalized spacial score (nSPS) is 26.6. The van der Waals surface area contributed by atoms with Gasteiger partial charge in [-0.05, 0) is 24.3 Å². The highest BCUT2D eigenvalue weighted by Gasteiger charge is 2.30. The summed E-state index contributed by atoms with van der Waals surface area (Å²) >= 11 is 5.88. The van der Waals surface area contributed by atoms with Crippen molar-refractivity contribution < 1.29 is 9.47 Å². The molecule has 0 radical (unpaired) electrons. The minimum atomic E-state index is 0.398. The van der Waals surface area contributed by atoms with Crippen LogP contribution in [0, 0.1) is 0 Å². The second kappa shape index (κ2) is 4.24. The summed E-state index contributed by atoms with van der Waals surface area (Å²) in [6.45, 7) is 3.66. The highest BCUT2D eigenvalue weighted by Crippen LogP contribution is 2.23. The number of hydrogen-bond donors (Lipinski definition) is 0. The minimum absolute atomic E-state index is 0.398. The lowest BCUT2D eigenvalue weighted by Crippen LogP contribution is -2.31. The summed E-state index contributed by atoms with van der Waals surface area (Å²) in [4.78, 5) is 2.31. The van der Waals surface area contributed by atoms with Gasteiger partial charge in [0.2, 0.25) is 0 Å². The highest BCUT2D eigenvalue weighted by atomic mass is 35.5. The van der Waals surface area contributed by atoms with Gasteiger partial charge in [0.05, 0.1) is 25.4 Å². The topological polar surface area (TPSA) is 28.3 Å². The van der Waals surface area contributed by atoms with E-state index in [1.807, 2.05) is 24.3 Å². The van der Waals surface area contributed by atoms with Gasteiger partial charge in [0.1, 0.15) is 0 Å². The second-order valence-electron chi connectivity index (χ2n) is 4.29. The summed E-state index contributed by atoms with van der Waals surface area (Å²) in [5.41, 5.74) is 1.19. The van der Waals surface area contributed by atoms with Crippen molar-refractivity contribution in [2.45, 2.75) is 12.2 Å². The molecular formula is C12H14ClNO2. The van der Waals surface area contributed by atoms with Gasteiger partial charge in [0.25, 0.3) is 0 Å². The van der Waals surface area contributed by atoms with E-state index in [1.165, 1.54) is 5.69 Å². The largest absolute Gasteiger partial charge is 0.371 e. The van der Waals surface area contributed by atoms with Gasteiger partial charge in [-0.2, -0.15) is 0 Å². The van der Waals surface area contributed by atoms with E-state index in [4.69, 9.17) is 21.1 Å². The Hall–Kier alpha value is -0.770. The smallest absolute Gasteiger partial charge is 0.0984 e. The quantitative estimate of drug-likeness (QED) is 0.736. The fraction of sp³-hybridized carbons (Fsp3) is 0.500. The number of benzene rings is 1. The zero-order valence-electron chi connectivity index (χ0n) is 8.93. The third-order valence-corrected chi connectivity index (χ3v) is 3.10. The van der Waals surface area contributed by atoms with Crippen molar-refractivity contribution in [1.29, 1.82) is 0 Å². The molecule has 0 unspecified atom stereocenters. The molecule has 2 aliphatic rings. The Labute approximate surface area is 99.9 Å². The molecule has 2 atom stereocenters. The number of halogens is 1. The van der Waals surface area contributed by atoms with Crippen LogP contribution in [0.4, 0.5) is 5.69 Å². The van der Waals surface area contributed by atoms with Crippen molar-refractivity contribution in [2.24, 2.45) is 0 Å². The van der Waals surface area contributed by atoms with Gasteiger partial charge in [-0.3, -0.25) is 0 Å². The number of ether oxygens (including phenoxy) is 2. The Kier molecular flexibility index (Phi) is 2.75. The lowest BCUT2D eigenvalue weighted by Gasteiger charge is -2.23. The van der Waals surface area contributed by atoms with Gasteiger partial charge in [-0.25, -0.2) is 0 Å². The van der Waals surface area contributed by atoms with Gasteiger partial charge in [-0.15, -0.1) is 0 Å². The molecule has 0 spiro atoms. The van der Waals surface area contributed by atoms with E-state index >= 15 is 0 Å². The van der Waals surface area contributed by atoms with Crippen LogP contribution in [0.1, 0.15) is 0 Å². The molecule has 0 bridgehead atoms. The van der Waals surface area contributed by atoms with Crippen molar-refractivity contribution in [1.82, 2.24) is 0 Å². The van der Waals surface area contributed by atoms with E-state index in [2.05, 4.69) is 4.90 Å². The van der Waals surface area contributed by atoms with E-state index in [-0.39, 0.29) is 0 Å². The first-order chi connectivity index (χ1) is 7.81. The molecule has 2 fully saturated rings. The summed E-state index contributed by atoms with van der Waals surface area (Å²) in [6, 6.07) is 7.94. The molecule has 86 valence electrons. The van der Waals surface area contributed by atoms with Crippen LogP contribution in [0.3, 0.4) is 0 Å². The predicted molar refractivity (Wildman–Crippen MR) is 63.1 cm³/mol. The Morgan fingerprint density at radius 2 is 1.56 bits per heavy atom. The third kappa shape index (κ3) is 2.67. The molecule has 3 nitrogen and oxygen atoms in total. The molecule has 1 aromatic carbocycles. The van der Waals surface area contributed by atoms with E-state index in [0.717, 1.165) is 31.3 Å². The Bertz CT molecular complexity index is 346. The zero-order chi connectivity index (χ0) is 11.0. The first-order valence-electron chi connectivity index (χ1n) is 5.55. The molecular weight excluding hydrogens is 226 g/mol. The molecule has 2 aliphatic heterocycles. The number of rotatable bonds is 5. The summed E-state index contributed by atoms with van der Waals surface area (Å²) in [5, 5.41) is 0.772. The van der Waals surface area contributed by atoms with Crippen LogP contribution in [0.15, 0.2) is 24.3 Å². The van der Waals surface area contributed by atoms with Gasteiger partial charge >= 0.3 is 0 Å². The minimum Gasteiger partial charge on any atom is -0.371 e. The van der Waals surface area contributed by atoms with Gasteiger partial charge in [0, 0.05) is 23.8 Å². The standard InChI is InChI=1S/C12H14ClNO2/c13-9-1-3-10(4-2-9)14(5-11-7-15-11)6-12-8-16-12/h1-4,11-12H,5-8H2/t11-,12-/m0/s1. The summed E-state index contributed by atoms with van der Waals surface area (Å²) in [7, 11) is 0. The van der Waals surface area contributed by atoms with Crippen molar-refractivity contribution in [2.75, 3.05) is 31.2 Å². The van der Waals surface area contributed by atoms with E-state index < -0.39 is 0 Å². The number of epoxide rings is 2. The second-order valence-corrected chi connectivity index (χ2v) is 4.73. The van der Waals surface area contributed by atoms with Gasteiger partial charge in [0.15, 0.2) is 0 Å². The van der Waals surface area contributed by atoms with Crippen LogP contribution in [0.5, 0.6) is 0 Å². The summed E-state index contributed by atoms with van der Waals surface area (Å²) in [6.07, 6.45) is 0.795. The summed E-state index contributed by atoms with van der Waals surface area (Å²) < 4.78 is 10.6. The monoisotopic (exact) mass is 239 g/mol. The fourth-order valence-electron chi connectivity index (χ4n) is 1.78. The molecule has 3 rings (SSSR count). The lowest BCUT2D eigenvalue weighted by molar-refractivity contribution is 0.389. The SMILES string of the molecule is Clc1ccc(N(C[C@H]2CO2)C[C@H]2CO2)cc1. The van der Waals surface area contributed by atoms with Crippen LogP contribution in [-0.4, -0.2) is 38.5 Å². The van der Waals surface area contributed by atoms with Gasteiger partial charge in [-0.1, -0.05) is 11.6 Å². The van der Waals surface area contributed by atoms with Crippen LogP contribution in [0.25, 0.3) is 0 Å². The molecule has 4 heteroatoms. The zero-order valence-corrected chi connectivity index (χ0v) is 9.69. The van der Waals surface area contributed by atoms with E-state index in [0.29, 0.717) is 12.2 Å². The first-order valence-corrected chi connectivity index (χ1v) is 5.93. The van der Waals surface area contributed by atoms with Crippen LogP contribution >= 0.6 is 11.6 Å². The van der Waals surface area contributed by atoms with E-state index in [1.54, 1.807) is 0 Å². The first kappa shape index (κ1) is 10.4.